The molecule has 0 aliphatic carbocycles. The number of nitrogen functional groups attached to an aromatic ring is 1. The van der Waals surface area contributed by atoms with Crippen LogP contribution in [0.25, 0.3) is 0 Å². The van der Waals surface area contributed by atoms with Gasteiger partial charge < -0.3 is 11.1 Å². The first kappa shape index (κ1) is 16.1. The van der Waals surface area contributed by atoms with Crippen molar-refractivity contribution in [3.8, 4) is 0 Å². The molecule has 3 N–H and O–H groups in total. The maximum absolute atomic E-state index is 12.1. The minimum atomic E-state index is -0.178. The number of nitrogens with one attached hydrogen (secondary N) is 1. The molecule has 0 fully saturated rings. The number of carbonyl (C=O) groups excluding carboxylic acids is 1. The van der Waals surface area contributed by atoms with Crippen molar-refractivity contribution < 1.29 is 4.79 Å². The third-order valence-corrected chi connectivity index (χ3v) is 4.08. The molecule has 0 aliphatic heterocycles. The summed E-state index contributed by atoms with van der Waals surface area (Å²) in [5.41, 5.74) is 6.38. The van der Waals surface area contributed by atoms with Crippen LogP contribution in [0.3, 0.4) is 0 Å². The lowest BCUT2D eigenvalue weighted by atomic mass is 9.95. The van der Waals surface area contributed by atoms with Gasteiger partial charge in [-0.3, -0.25) is 4.79 Å². The molecule has 1 aromatic rings. The van der Waals surface area contributed by atoms with Gasteiger partial charge in [0.05, 0.1) is 15.7 Å². The van der Waals surface area contributed by atoms with E-state index in [1.807, 2.05) is 6.92 Å². The second-order valence-corrected chi connectivity index (χ2v) is 5.51. The molecule has 106 valence electrons. The maximum atomic E-state index is 12.1. The lowest BCUT2D eigenvalue weighted by Crippen LogP contribution is -2.37. The second-order valence-electron chi connectivity index (χ2n) is 4.69. The van der Waals surface area contributed by atoms with E-state index in [0.29, 0.717) is 27.2 Å². The zero-order valence-corrected chi connectivity index (χ0v) is 13.0. The second kappa shape index (κ2) is 7.01. The minimum absolute atomic E-state index is 0.109. The molecule has 1 atom stereocenters. The number of carbonyl (C=O) groups is 1. The first-order chi connectivity index (χ1) is 8.90. The average molecular weight is 303 g/mol. The highest BCUT2D eigenvalue weighted by molar-refractivity contribution is 6.39. The quantitative estimate of drug-likeness (QED) is 0.804. The summed E-state index contributed by atoms with van der Waals surface area (Å²) in [4.78, 5) is 12.1. The molecule has 0 bridgehead atoms. The summed E-state index contributed by atoms with van der Waals surface area (Å²) in [6.07, 6.45) is 2.06. The summed E-state index contributed by atoms with van der Waals surface area (Å²) < 4.78 is 0. The predicted molar refractivity (Wildman–Crippen MR) is 81.9 cm³/mol. The van der Waals surface area contributed by atoms with Crippen LogP contribution in [0.5, 0.6) is 0 Å². The van der Waals surface area contributed by atoms with Crippen molar-refractivity contribution in [2.75, 3.05) is 5.73 Å². The first-order valence-electron chi connectivity index (χ1n) is 6.46. The van der Waals surface area contributed by atoms with Gasteiger partial charge in [-0.15, -0.1) is 0 Å². The SMILES string of the molecule is CCC(CC)C(C)NC(=O)c1cc(Cl)c(N)c(Cl)c1. The van der Waals surface area contributed by atoms with Gasteiger partial charge >= 0.3 is 0 Å². The number of hydrogen-bond acceptors (Lipinski definition) is 2. The topological polar surface area (TPSA) is 55.1 Å². The van der Waals surface area contributed by atoms with E-state index in [1.54, 1.807) is 0 Å². The summed E-state index contributed by atoms with van der Waals surface area (Å²) in [7, 11) is 0. The van der Waals surface area contributed by atoms with Crippen molar-refractivity contribution >= 4 is 34.8 Å². The van der Waals surface area contributed by atoms with Gasteiger partial charge in [0, 0.05) is 11.6 Å². The highest BCUT2D eigenvalue weighted by Gasteiger charge is 2.18. The molecule has 1 amide bonds. The molecule has 0 saturated carbocycles. The summed E-state index contributed by atoms with van der Waals surface area (Å²) in [5, 5.41) is 3.57. The third kappa shape index (κ3) is 4.02. The molecule has 5 heteroatoms. The zero-order chi connectivity index (χ0) is 14.6. The van der Waals surface area contributed by atoms with E-state index in [0.717, 1.165) is 12.8 Å². The van der Waals surface area contributed by atoms with Crippen LogP contribution in [0.4, 0.5) is 5.69 Å². The van der Waals surface area contributed by atoms with Crippen LogP contribution in [0.15, 0.2) is 12.1 Å². The Morgan fingerprint density at radius 3 is 2.16 bits per heavy atom. The van der Waals surface area contributed by atoms with Crippen LogP contribution in [-0.4, -0.2) is 11.9 Å². The van der Waals surface area contributed by atoms with Crippen LogP contribution in [-0.2, 0) is 0 Å². The zero-order valence-electron chi connectivity index (χ0n) is 11.5. The molecule has 1 rings (SSSR count). The molecule has 0 spiro atoms. The van der Waals surface area contributed by atoms with E-state index in [-0.39, 0.29) is 11.9 Å². The summed E-state index contributed by atoms with van der Waals surface area (Å²) in [6, 6.07) is 3.19. The Kier molecular flexibility index (Phi) is 5.95. The van der Waals surface area contributed by atoms with E-state index in [4.69, 9.17) is 28.9 Å². The number of rotatable bonds is 5. The number of amides is 1. The van der Waals surface area contributed by atoms with Gasteiger partial charge in [0.25, 0.3) is 5.91 Å². The molecule has 0 saturated heterocycles. The summed E-state index contributed by atoms with van der Waals surface area (Å²) >= 11 is 11.9. The van der Waals surface area contributed by atoms with E-state index in [1.165, 1.54) is 12.1 Å². The third-order valence-electron chi connectivity index (χ3n) is 3.46. The highest BCUT2D eigenvalue weighted by Crippen LogP contribution is 2.28. The first-order valence-corrected chi connectivity index (χ1v) is 7.21. The Balaban J connectivity index is 2.84. The van der Waals surface area contributed by atoms with Gasteiger partial charge in [0.1, 0.15) is 0 Å². The Bertz CT molecular complexity index is 436. The molecule has 1 unspecified atom stereocenters. The van der Waals surface area contributed by atoms with Crippen LogP contribution >= 0.6 is 23.2 Å². The molecule has 0 aromatic heterocycles. The van der Waals surface area contributed by atoms with Gasteiger partial charge in [0.2, 0.25) is 0 Å². The number of benzene rings is 1. The van der Waals surface area contributed by atoms with Crippen LogP contribution in [0, 0.1) is 5.92 Å². The largest absolute Gasteiger partial charge is 0.396 e. The average Bonchev–Trinajstić information content (AvgIpc) is 2.36. The molecule has 3 nitrogen and oxygen atoms in total. The van der Waals surface area contributed by atoms with Crippen molar-refractivity contribution in [2.24, 2.45) is 5.92 Å². The van der Waals surface area contributed by atoms with Gasteiger partial charge in [-0.2, -0.15) is 0 Å². The van der Waals surface area contributed by atoms with Crippen molar-refractivity contribution in [1.29, 1.82) is 0 Å². The lowest BCUT2D eigenvalue weighted by Gasteiger charge is -2.22. The fraction of sp³-hybridized carbons (Fsp3) is 0.500. The lowest BCUT2D eigenvalue weighted by molar-refractivity contribution is 0.0925. The van der Waals surface area contributed by atoms with Crippen molar-refractivity contribution in [3.05, 3.63) is 27.7 Å². The smallest absolute Gasteiger partial charge is 0.251 e. The number of halogens is 2. The van der Waals surface area contributed by atoms with E-state index in [9.17, 15) is 4.79 Å². The van der Waals surface area contributed by atoms with Crippen molar-refractivity contribution in [2.45, 2.75) is 39.7 Å². The fourth-order valence-electron chi connectivity index (χ4n) is 2.12. The Labute approximate surface area is 124 Å². The number of hydrogen-bond donors (Lipinski definition) is 2. The molecule has 1 aromatic carbocycles. The molecule has 0 heterocycles. The number of anilines is 1. The van der Waals surface area contributed by atoms with Gasteiger partial charge in [-0.25, -0.2) is 0 Å². The number of nitrogens with two attached hydrogens (primary N) is 1. The molecular weight excluding hydrogens is 283 g/mol. The maximum Gasteiger partial charge on any atom is 0.251 e. The molecule has 19 heavy (non-hydrogen) atoms. The van der Waals surface area contributed by atoms with Crippen LogP contribution < -0.4 is 11.1 Å². The van der Waals surface area contributed by atoms with Crippen LogP contribution in [0.2, 0.25) is 10.0 Å². The van der Waals surface area contributed by atoms with E-state index < -0.39 is 0 Å². The summed E-state index contributed by atoms with van der Waals surface area (Å²) in [6.45, 7) is 6.25. The Morgan fingerprint density at radius 1 is 1.26 bits per heavy atom. The molecule has 0 aliphatic rings. The van der Waals surface area contributed by atoms with Gasteiger partial charge in [-0.1, -0.05) is 49.9 Å². The van der Waals surface area contributed by atoms with Crippen molar-refractivity contribution in [1.82, 2.24) is 5.32 Å². The van der Waals surface area contributed by atoms with E-state index >= 15 is 0 Å². The Morgan fingerprint density at radius 2 is 1.74 bits per heavy atom. The monoisotopic (exact) mass is 302 g/mol. The normalized spacial score (nSPS) is 12.5. The standard InChI is InChI=1S/C14H20Cl2N2O/c1-4-9(5-2)8(3)18-14(19)10-6-11(15)13(17)12(16)7-10/h6-9H,4-5,17H2,1-3H3,(H,18,19). The molecular formula is C14H20Cl2N2O. The van der Waals surface area contributed by atoms with Crippen LogP contribution in [0.1, 0.15) is 44.0 Å². The van der Waals surface area contributed by atoms with Gasteiger partial charge in [0.15, 0.2) is 0 Å². The van der Waals surface area contributed by atoms with Gasteiger partial charge in [-0.05, 0) is 25.0 Å². The summed E-state index contributed by atoms with van der Waals surface area (Å²) in [5.74, 6) is 0.284. The highest BCUT2D eigenvalue weighted by atomic mass is 35.5. The Hall–Kier alpha value is -0.930. The fourth-order valence-corrected chi connectivity index (χ4v) is 2.61. The predicted octanol–water partition coefficient (Wildman–Crippen LogP) is 4.13. The minimum Gasteiger partial charge on any atom is -0.396 e. The van der Waals surface area contributed by atoms with Crippen molar-refractivity contribution in [3.63, 3.8) is 0 Å². The molecule has 0 radical (unpaired) electrons. The van der Waals surface area contributed by atoms with E-state index in [2.05, 4.69) is 19.2 Å².